The lowest BCUT2D eigenvalue weighted by Crippen LogP contribution is -1.99. The lowest BCUT2D eigenvalue weighted by Gasteiger charge is -1.95. The van der Waals surface area contributed by atoms with Crippen LogP contribution in [0.2, 0.25) is 0 Å². The number of rotatable bonds is 1. The van der Waals surface area contributed by atoms with Gasteiger partial charge in [-0.15, -0.1) is 0 Å². The molecule has 0 aliphatic carbocycles. The van der Waals surface area contributed by atoms with Crippen LogP contribution < -0.4 is 0 Å². The molecule has 0 saturated carbocycles. The number of aromatic nitrogens is 2. The van der Waals surface area contributed by atoms with Gasteiger partial charge in [-0.25, -0.2) is 4.79 Å². The molecule has 0 saturated heterocycles. The van der Waals surface area contributed by atoms with E-state index in [1.165, 1.54) is 10.7 Å². The van der Waals surface area contributed by atoms with Crippen molar-refractivity contribution < 1.29 is 15.0 Å². The maximum Gasteiger partial charge on any atom is 0.357 e. The summed E-state index contributed by atoms with van der Waals surface area (Å²) in [5.74, 6) is -1.20. The summed E-state index contributed by atoms with van der Waals surface area (Å²) in [6, 6.07) is 4.79. The second-order valence-electron chi connectivity index (χ2n) is 2.95. The molecule has 0 amide bonds. The summed E-state index contributed by atoms with van der Waals surface area (Å²) in [5.41, 5.74) is 0.475. The Hall–Kier alpha value is -2.04. The molecule has 72 valence electrons. The molecule has 1 aromatic heterocycles. The van der Waals surface area contributed by atoms with Gasteiger partial charge in [-0.05, 0) is 12.1 Å². The van der Waals surface area contributed by atoms with Gasteiger partial charge in [0.25, 0.3) is 0 Å². The number of nitrogens with zero attached hydrogens (tertiary/aromatic N) is 2. The molecule has 0 bridgehead atoms. The third-order valence-corrected chi connectivity index (χ3v) is 2.06. The molecule has 2 rings (SSSR count). The number of hydrogen-bond donors (Lipinski definition) is 2. The van der Waals surface area contributed by atoms with Crippen molar-refractivity contribution in [2.45, 2.75) is 0 Å². The molecular weight excluding hydrogens is 184 g/mol. The third kappa shape index (κ3) is 1.02. The molecule has 1 heterocycles. The summed E-state index contributed by atoms with van der Waals surface area (Å²) in [5, 5.41) is 22.4. The second-order valence-corrected chi connectivity index (χ2v) is 2.95. The van der Waals surface area contributed by atoms with Gasteiger partial charge in [0, 0.05) is 7.05 Å². The molecule has 2 N–H and O–H groups in total. The highest BCUT2D eigenvalue weighted by Crippen LogP contribution is 2.26. The predicted octanol–water partition coefficient (Wildman–Crippen LogP) is 0.977. The van der Waals surface area contributed by atoms with Gasteiger partial charge in [-0.2, -0.15) is 5.10 Å². The van der Waals surface area contributed by atoms with E-state index in [4.69, 9.17) is 5.11 Å². The van der Waals surface area contributed by atoms with E-state index in [-0.39, 0.29) is 16.8 Å². The highest BCUT2D eigenvalue weighted by molar-refractivity contribution is 6.03. The topological polar surface area (TPSA) is 75.4 Å². The van der Waals surface area contributed by atoms with Gasteiger partial charge in [-0.1, -0.05) is 6.07 Å². The first-order chi connectivity index (χ1) is 6.61. The molecule has 0 atom stereocenters. The van der Waals surface area contributed by atoms with E-state index in [0.29, 0.717) is 5.52 Å². The minimum atomic E-state index is -1.14. The number of carboxylic acids is 1. The number of hydrogen-bond acceptors (Lipinski definition) is 3. The van der Waals surface area contributed by atoms with Gasteiger partial charge in [0.2, 0.25) is 0 Å². The van der Waals surface area contributed by atoms with E-state index in [1.807, 2.05) is 0 Å². The van der Waals surface area contributed by atoms with Crippen LogP contribution in [0.3, 0.4) is 0 Å². The molecule has 0 spiro atoms. The summed E-state index contributed by atoms with van der Waals surface area (Å²) >= 11 is 0. The van der Waals surface area contributed by atoms with Gasteiger partial charge >= 0.3 is 5.97 Å². The Morgan fingerprint density at radius 1 is 1.50 bits per heavy atom. The fourth-order valence-electron chi connectivity index (χ4n) is 1.44. The van der Waals surface area contributed by atoms with Crippen LogP contribution in [0.4, 0.5) is 0 Å². The van der Waals surface area contributed by atoms with Crippen LogP contribution in [-0.2, 0) is 7.05 Å². The van der Waals surface area contributed by atoms with Crippen molar-refractivity contribution in [2.24, 2.45) is 7.05 Å². The smallest absolute Gasteiger partial charge is 0.357 e. The lowest BCUT2D eigenvalue weighted by atomic mass is 10.2. The molecule has 1 aromatic carbocycles. The van der Waals surface area contributed by atoms with Crippen molar-refractivity contribution in [3.63, 3.8) is 0 Å². The minimum absolute atomic E-state index is 0.0620. The van der Waals surface area contributed by atoms with Gasteiger partial charge in [0.05, 0.1) is 10.9 Å². The van der Waals surface area contributed by atoms with Crippen LogP contribution in [0.1, 0.15) is 10.5 Å². The first-order valence-electron chi connectivity index (χ1n) is 3.99. The number of aromatic hydroxyl groups is 1. The summed E-state index contributed by atoms with van der Waals surface area (Å²) in [4.78, 5) is 10.8. The maximum absolute atomic E-state index is 10.8. The predicted molar refractivity (Wildman–Crippen MR) is 49.3 cm³/mol. The molecular formula is C9H8N2O3. The van der Waals surface area contributed by atoms with Crippen molar-refractivity contribution >= 4 is 16.9 Å². The molecule has 0 aliphatic heterocycles. The second kappa shape index (κ2) is 2.73. The summed E-state index contributed by atoms with van der Waals surface area (Å²) in [7, 11) is 1.63. The van der Waals surface area contributed by atoms with Crippen molar-refractivity contribution in [3.8, 4) is 5.75 Å². The number of fused-ring (bicyclic) bond motifs is 1. The summed E-state index contributed by atoms with van der Waals surface area (Å²) in [6.45, 7) is 0. The SMILES string of the molecule is Cn1nc(C(=O)O)c2c(O)cccc21. The Bertz CT molecular complexity index is 516. The van der Waals surface area contributed by atoms with Gasteiger partial charge in [0.15, 0.2) is 5.69 Å². The number of carbonyl (C=O) groups is 1. The Kier molecular flexibility index (Phi) is 1.67. The quantitative estimate of drug-likeness (QED) is 0.706. The van der Waals surface area contributed by atoms with E-state index in [9.17, 15) is 9.90 Å². The fourth-order valence-corrected chi connectivity index (χ4v) is 1.44. The molecule has 5 nitrogen and oxygen atoms in total. The third-order valence-electron chi connectivity index (χ3n) is 2.06. The van der Waals surface area contributed by atoms with Crippen molar-refractivity contribution in [1.29, 1.82) is 0 Å². The molecule has 0 unspecified atom stereocenters. The van der Waals surface area contributed by atoms with Crippen LogP contribution >= 0.6 is 0 Å². The molecule has 14 heavy (non-hydrogen) atoms. The van der Waals surface area contributed by atoms with Crippen molar-refractivity contribution in [2.75, 3.05) is 0 Å². The van der Waals surface area contributed by atoms with Crippen LogP contribution in [-0.4, -0.2) is 26.0 Å². The van der Waals surface area contributed by atoms with Gasteiger partial charge in [-0.3, -0.25) is 4.68 Å². The summed E-state index contributed by atoms with van der Waals surface area (Å²) < 4.78 is 1.43. The number of carboxylic acid groups (broad SMARTS) is 1. The molecule has 0 radical (unpaired) electrons. The normalized spacial score (nSPS) is 10.6. The van der Waals surface area contributed by atoms with Crippen LogP contribution in [0.25, 0.3) is 10.9 Å². The number of aromatic carboxylic acids is 1. The monoisotopic (exact) mass is 192 g/mol. The van der Waals surface area contributed by atoms with Gasteiger partial charge in [0.1, 0.15) is 5.75 Å². The largest absolute Gasteiger partial charge is 0.507 e. The van der Waals surface area contributed by atoms with Crippen LogP contribution in [0.15, 0.2) is 18.2 Å². The zero-order chi connectivity index (χ0) is 10.3. The van der Waals surface area contributed by atoms with E-state index < -0.39 is 5.97 Å². The lowest BCUT2D eigenvalue weighted by molar-refractivity contribution is 0.0691. The Balaban J connectivity index is 2.93. The minimum Gasteiger partial charge on any atom is -0.507 e. The Morgan fingerprint density at radius 3 is 2.86 bits per heavy atom. The zero-order valence-electron chi connectivity index (χ0n) is 7.43. The fraction of sp³-hybridized carbons (Fsp3) is 0.111. The molecule has 0 fully saturated rings. The highest BCUT2D eigenvalue weighted by atomic mass is 16.4. The number of aryl methyl sites for hydroxylation is 1. The zero-order valence-corrected chi connectivity index (χ0v) is 7.43. The Labute approximate surface area is 79.2 Å². The van der Waals surface area contributed by atoms with Crippen molar-refractivity contribution in [1.82, 2.24) is 9.78 Å². The maximum atomic E-state index is 10.8. The molecule has 5 heteroatoms. The standard InChI is InChI=1S/C9H8N2O3/c1-11-5-3-2-4-6(12)7(5)8(10-11)9(13)14/h2-4,12H,1H3,(H,13,14). The van der Waals surface area contributed by atoms with Crippen LogP contribution in [0, 0.1) is 0 Å². The summed E-state index contributed by atoms with van der Waals surface area (Å²) in [6.07, 6.45) is 0. The van der Waals surface area contributed by atoms with Crippen LogP contribution in [0.5, 0.6) is 5.75 Å². The van der Waals surface area contributed by atoms with E-state index in [0.717, 1.165) is 0 Å². The number of phenols is 1. The Morgan fingerprint density at radius 2 is 2.21 bits per heavy atom. The number of benzene rings is 1. The van der Waals surface area contributed by atoms with E-state index in [2.05, 4.69) is 5.10 Å². The number of phenolic OH excluding ortho intramolecular Hbond substituents is 1. The highest BCUT2D eigenvalue weighted by Gasteiger charge is 2.17. The van der Waals surface area contributed by atoms with Crippen molar-refractivity contribution in [3.05, 3.63) is 23.9 Å². The van der Waals surface area contributed by atoms with E-state index >= 15 is 0 Å². The first kappa shape index (κ1) is 8.55. The molecule has 2 aromatic rings. The average molecular weight is 192 g/mol. The van der Waals surface area contributed by atoms with E-state index in [1.54, 1.807) is 19.2 Å². The first-order valence-corrected chi connectivity index (χ1v) is 3.99. The van der Waals surface area contributed by atoms with Gasteiger partial charge < -0.3 is 10.2 Å². The average Bonchev–Trinajstić information content (AvgIpc) is 2.46. The molecule has 0 aliphatic rings.